The Balaban J connectivity index is 1.46. The maximum absolute atomic E-state index is 14.6. The van der Waals surface area contributed by atoms with Crippen molar-refractivity contribution < 1.29 is 9.53 Å². The van der Waals surface area contributed by atoms with Crippen LogP contribution in [-0.4, -0.2) is 30.0 Å². The zero-order chi connectivity index (χ0) is 24.2. The van der Waals surface area contributed by atoms with Crippen LogP contribution in [0.5, 0.6) is 0 Å². The second-order valence-corrected chi connectivity index (χ2v) is 10.7. The molecule has 2 N–H and O–H groups in total. The van der Waals surface area contributed by atoms with Crippen molar-refractivity contribution in [3.63, 3.8) is 0 Å². The van der Waals surface area contributed by atoms with E-state index in [0.29, 0.717) is 11.9 Å². The van der Waals surface area contributed by atoms with E-state index in [0.717, 1.165) is 48.8 Å². The van der Waals surface area contributed by atoms with E-state index >= 15 is 0 Å². The molecular formula is C30H33N3O2. The molecule has 180 valence electrons. The number of hydrogen-bond donors (Lipinski definition) is 1. The van der Waals surface area contributed by atoms with Crippen LogP contribution in [0.1, 0.15) is 73.7 Å². The highest BCUT2D eigenvalue weighted by Gasteiger charge is 2.67. The average Bonchev–Trinajstić information content (AvgIpc) is 3.63. The summed E-state index contributed by atoms with van der Waals surface area (Å²) in [6.07, 6.45) is 7.09. The van der Waals surface area contributed by atoms with Gasteiger partial charge in [-0.25, -0.2) is 4.99 Å². The van der Waals surface area contributed by atoms with E-state index in [4.69, 9.17) is 15.5 Å². The largest absolute Gasteiger partial charge is 0.381 e. The predicted octanol–water partition coefficient (Wildman–Crippen LogP) is 4.69. The molecule has 2 unspecified atom stereocenters. The number of nitrogens with two attached hydrogens (primary N) is 1. The van der Waals surface area contributed by atoms with Crippen LogP contribution in [0, 0.1) is 23.2 Å². The monoisotopic (exact) mass is 467 g/mol. The summed E-state index contributed by atoms with van der Waals surface area (Å²) < 4.78 is 5.69. The SMILES string of the molecule is COC1CCC2(CC1)Cc1ccc(C#CC3CC3)cc1C21N=C(N)N(C(C)c2ccccc2)C1=O. The van der Waals surface area contributed by atoms with Crippen LogP contribution in [0.15, 0.2) is 53.5 Å². The zero-order valence-corrected chi connectivity index (χ0v) is 20.6. The van der Waals surface area contributed by atoms with E-state index in [1.807, 2.05) is 37.3 Å². The van der Waals surface area contributed by atoms with Gasteiger partial charge in [-0.05, 0) is 80.7 Å². The Labute approximate surface area is 207 Å². The number of rotatable bonds is 3. The predicted molar refractivity (Wildman–Crippen MR) is 136 cm³/mol. The highest BCUT2D eigenvalue weighted by atomic mass is 16.5. The molecule has 1 aliphatic heterocycles. The van der Waals surface area contributed by atoms with Gasteiger partial charge >= 0.3 is 0 Å². The molecule has 2 aromatic carbocycles. The van der Waals surface area contributed by atoms with Crippen molar-refractivity contribution in [2.24, 2.45) is 22.1 Å². The van der Waals surface area contributed by atoms with Crippen molar-refractivity contribution in [2.45, 2.75) is 69.6 Å². The number of guanidine groups is 1. The van der Waals surface area contributed by atoms with Crippen LogP contribution in [0.2, 0.25) is 0 Å². The van der Waals surface area contributed by atoms with E-state index in [-0.39, 0.29) is 23.5 Å². The van der Waals surface area contributed by atoms with E-state index in [1.165, 1.54) is 18.4 Å². The number of carbonyl (C=O) groups is 1. The summed E-state index contributed by atoms with van der Waals surface area (Å²) in [6, 6.07) is 16.3. The molecule has 2 atom stereocenters. The molecule has 1 amide bonds. The first-order chi connectivity index (χ1) is 17.0. The Morgan fingerprint density at radius 3 is 2.54 bits per heavy atom. The lowest BCUT2D eigenvalue weighted by molar-refractivity contribution is -0.139. The molecule has 6 rings (SSSR count). The molecule has 0 radical (unpaired) electrons. The van der Waals surface area contributed by atoms with E-state index < -0.39 is 5.54 Å². The Hall–Kier alpha value is -3.10. The smallest absolute Gasteiger partial charge is 0.263 e. The van der Waals surface area contributed by atoms with Crippen LogP contribution < -0.4 is 5.73 Å². The molecule has 2 spiro atoms. The number of nitrogens with zero attached hydrogens (tertiary/aromatic N) is 2. The molecule has 2 saturated carbocycles. The van der Waals surface area contributed by atoms with Gasteiger partial charge in [0.2, 0.25) is 0 Å². The van der Waals surface area contributed by atoms with Crippen LogP contribution in [0.25, 0.3) is 0 Å². The molecule has 1 heterocycles. The number of ether oxygens (including phenoxy) is 1. The quantitative estimate of drug-likeness (QED) is 0.666. The number of fused-ring (bicyclic) bond motifs is 3. The van der Waals surface area contributed by atoms with Gasteiger partial charge in [0.15, 0.2) is 11.5 Å². The number of carbonyl (C=O) groups excluding carboxylic acids is 1. The average molecular weight is 468 g/mol. The molecule has 0 bridgehead atoms. The number of benzene rings is 2. The van der Waals surface area contributed by atoms with Gasteiger partial charge in [-0.15, -0.1) is 0 Å². The van der Waals surface area contributed by atoms with Crippen LogP contribution >= 0.6 is 0 Å². The first-order valence-electron chi connectivity index (χ1n) is 12.9. The lowest BCUT2D eigenvalue weighted by Crippen LogP contribution is -2.52. The van der Waals surface area contributed by atoms with Crippen LogP contribution in [-0.2, 0) is 21.5 Å². The van der Waals surface area contributed by atoms with E-state index in [2.05, 4.69) is 30.0 Å². The fraction of sp³-hybridized carbons (Fsp3) is 0.467. The first kappa shape index (κ1) is 22.4. The van der Waals surface area contributed by atoms with Gasteiger partial charge in [0.25, 0.3) is 5.91 Å². The minimum absolute atomic E-state index is 0.00766. The molecule has 5 heteroatoms. The highest BCUT2D eigenvalue weighted by molar-refractivity contribution is 6.08. The van der Waals surface area contributed by atoms with Crippen molar-refractivity contribution in [3.8, 4) is 11.8 Å². The summed E-state index contributed by atoms with van der Waals surface area (Å²) in [4.78, 5) is 21.5. The maximum Gasteiger partial charge on any atom is 0.263 e. The third kappa shape index (κ3) is 3.42. The molecule has 5 nitrogen and oxygen atoms in total. The molecule has 4 aliphatic rings. The van der Waals surface area contributed by atoms with Crippen molar-refractivity contribution in [2.75, 3.05) is 7.11 Å². The summed E-state index contributed by atoms with van der Waals surface area (Å²) >= 11 is 0. The Morgan fingerprint density at radius 1 is 1.11 bits per heavy atom. The summed E-state index contributed by atoms with van der Waals surface area (Å²) in [5.74, 6) is 7.59. The number of amides is 1. The lowest BCUT2D eigenvalue weighted by Gasteiger charge is -2.45. The van der Waals surface area contributed by atoms with Gasteiger partial charge in [0, 0.05) is 24.0 Å². The Morgan fingerprint density at radius 2 is 1.86 bits per heavy atom. The minimum atomic E-state index is -0.995. The van der Waals surface area contributed by atoms with Crippen LogP contribution in [0.4, 0.5) is 0 Å². The zero-order valence-electron chi connectivity index (χ0n) is 20.6. The molecule has 35 heavy (non-hydrogen) atoms. The molecule has 3 aliphatic carbocycles. The van der Waals surface area contributed by atoms with Gasteiger partial charge < -0.3 is 10.5 Å². The van der Waals surface area contributed by atoms with Gasteiger partial charge in [0.05, 0.1) is 12.1 Å². The topological polar surface area (TPSA) is 67.9 Å². The lowest BCUT2D eigenvalue weighted by atomic mass is 9.61. The molecule has 2 aromatic rings. The maximum atomic E-state index is 14.6. The standard InChI is InChI=1S/C30H33N3O2/c1-20(23-6-4-3-5-7-23)33-27(34)30(32-28(33)31)26-18-22(11-10-21-8-9-21)12-13-24(26)19-29(30)16-14-25(35-2)15-17-29/h3-7,12-13,18,20-21,25H,8-9,14-17,19H2,1-2H3,(H2,31,32). The second-order valence-electron chi connectivity index (χ2n) is 10.7. The Kier molecular flexibility index (Phi) is 5.27. The van der Waals surface area contributed by atoms with Crippen molar-refractivity contribution >= 4 is 11.9 Å². The fourth-order valence-corrected chi connectivity index (χ4v) is 6.58. The van der Waals surface area contributed by atoms with Gasteiger partial charge in [-0.2, -0.15) is 0 Å². The summed E-state index contributed by atoms with van der Waals surface area (Å²) in [5.41, 5.74) is 9.55. The molecule has 0 saturated heterocycles. The first-order valence-corrected chi connectivity index (χ1v) is 12.9. The van der Waals surface area contributed by atoms with E-state index in [9.17, 15) is 4.79 Å². The Bertz CT molecular complexity index is 1250. The molecule has 2 fully saturated rings. The third-order valence-electron chi connectivity index (χ3n) is 8.74. The molecular weight excluding hydrogens is 434 g/mol. The molecule has 0 aromatic heterocycles. The summed E-state index contributed by atoms with van der Waals surface area (Å²) in [7, 11) is 1.78. The summed E-state index contributed by atoms with van der Waals surface area (Å²) in [5, 5.41) is 0. The second kappa shape index (κ2) is 8.24. The number of methoxy groups -OCH3 is 1. The van der Waals surface area contributed by atoms with E-state index in [1.54, 1.807) is 12.0 Å². The highest BCUT2D eigenvalue weighted by Crippen LogP contribution is 2.62. The van der Waals surface area contributed by atoms with Crippen molar-refractivity contribution in [3.05, 3.63) is 70.8 Å². The summed E-state index contributed by atoms with van der Waals surface area (Å²) in [6.45, 7) is 2.04. The van der Waals surface area contributed by atoms with Crippen molar-refractivity contribution in [1.29, 1.82) is 0 Å². The van der Waals surface area contributed by atoms with Gasteiger partial charge in [-0.3, -0.25) is 9.69 Å². The van der Waals surface area contributed by atoms with Gasteiger partial charge in [-0.1, -0.05) is 48.2 Å². The third-order valence-corrected chi connectivity index (χ3v) is 8.74. The number of hydrogen-bond acceptors (Lipinski definition) is 4. The normalized spacial score (nSPS) is 30.2. The number of aliphatic imine (C=N–C) groups is 1. The van der Waals surface area contributed by atoms with Crippen LogP contribution in [0.3, 0.4) is 0 Å². The fourth-order valence-electron chi connectivity index (χ4n) is 6.58. The van der Waals surface area contributed by atoms with Crippen molar-refractivity contribution in [1.82, 2.24) is 4.90 Å². The minimum Gasteiger partial charge on any atom is -0.381 e. The van der Waals surface area contributed by atoms with Gasteiger partial charge in [0.1, 0.15) is 0 Å².